The maximum atomic E-state index is 12.7. The maximum Gasteiger partial charge on any atom is 0.472 e. The van der Waals surface area contributed by atoms with Crippen molar-refractivity contribution in [3.63, 3.8) is 0 Å². The molecule has 0 bridgehead atoms. The number of carbonyl (C=O) groups excluding carboxylic acids is 1. The van der Waals surface area contributed by atoms with Gasteiger partial charge in [-0.25, -0.2) is 4.57 Å². The number of nitrogens with zero attached hydrogens (tertiary/aromatic N) is 1. The van der Waals surface area contributed by atoms with E-state index in [-0.39, 0.29) is 19.1 Å². The highest BCUT2D eigenvalue weighted by Gasteiger charge is 2.27. The molecule has 0 aromatic rings. The summed E-state index contributed by atoms with van der Waals surface area (Å²) in [6, 6.07) is -0.856. The van der Waals surface area contributed by atoms with Crippen LogP contribution in [0.5, 0.6) is 0 Å². The van der Waals surface area contributed by atoms with Gasteiger partial charge in [0, 0.05) is 6.42 Å². The Morgan fingerprint density at radius 2 is 1.00 bits per heavy atom. The fraction of sp³-hybridized carbons (Fsp3) is 0.588. The van der Waals surface area contributed by atoms with Gasteiger partial charge in [-0.2, -0.15) is 0 Å². The SMILES string of the molecule is CC/C=C\C/C=C\C/C=C\C/C=C\C/C=C\C/C=C\C/C=C\C/C=C\C/C=C\CCCCCCCCCC(=O)NC(COP(=O)(O)OCC[N+](C)(C)C)C(O)/C=C/CCC. The first kappa shape index (κ1) is 56.9. The van der Waals surface area contributed by atoms with Crippen LogP contribution in [0.4, 0.5) is 0 Å². The lowest BCUT2D eigenvalue weighted by Gasteiger charge is -2.25. The van der Waals surface area contributed by atoms with Crippen LogP contribution in [0.1, 0.15) is 142 Å². The third-order valence-corrected chi connectivity index (χ3v) is 10.2. The van der Waals surface area contributed by atoms with Crippen molar-refractivity contribution in [3.05, 3.63) is 122 Å². The highest BCUT2D eigenvalue weighted by molar-refractivity contribution is 7.47. The molecule has 0 saturated carbocycles. The molecule has 60 heavy (non-hydrogen) atoms. The van der Waals surface area contributed by atoms with Crippen LogP contribution in [0, 0.1) is 0 Å². The summed E-state index contributed by atoms with van der Waals surface area (Å²) < 4.78 is 23.2. The largest absolute Gasteiger partial charge is 0.472 e. The van der Waals surface area contributed by atoms with Crippen molar-refractivity contribution in [1.29, 1.82) is 0 Å². The number of aliphatic hydroxyl groups is 1. The molecule has 8 nitrogen and oxygen atoms in total. The molecular formula is C51H86N2O6P+. The molecule has 0 heterocycles. The van der Waals surface area contributed by atoms with Gasteiger partial charge in [-0.1, -0.05) is 174 Å². The predicted molar refractivity (Wildman–Crippen MR) is 258 cm³/mol. The number of quaternary nitrogens is 1. The third kappa shape index (κ3) is 43.0. The minimum Gasteiger partial charge on any atom is -0.387 e. The van der Waals surface area contributed by atoms with Gasteiger partial charge in [-0.3, -0.25) is 13.8 Å². The molecule has 0 aromatic carbocycles. The standard InChI is InChI=1S/C51H85N2O6P/c1-6-8-10-11-12-13-14-15-16-17-18-19-20-21-22-23-24-25-26-27-28-29-30-31-32-33-34-35-36-37-38-39-40-41-43-45-51(55)52-49(50(54)44-42-9-7-2)48-59-60(56,57)58-47-46-53(3,4)5/h8,10,12-13,15-16,18-19,21-22,24-25,27-28,30-31,33-34,42,44,49-50,54H,6-7,9,11,14,17,20,23,26,29,32,35-41,43,45-48H2,1-5H3,(H-,52,55,56,57)/p+1/b10-8-,13-12-,16-15-,19-18-,22-21-,25-24-,28-27-,31-30-,34-33-,44-42+. The molecule has 0 radical (unpaired) electrons. The van der Waals surface area contributed by atoms with Crippen molar-refractivity contribution in [2.24, 2.45) is 0 Å². The van der Waals surface area contributed by atoms with Crippen LogP contribution in [-0.4, -0.2) is 73.4 Å². The maximum absolute atomic E-state index is 12.7. The molecule has 340 valence electrons. The molecule has 3 unspecified atom stereocenters. The summed E-state index contributed by atoms with van der Waals surface area (Å²) in [5.74, 6) is -0.208. The summed E-state index contributed by atoms with van der Waals surface area (Å²) in [6.45, 7) is 4.43. The molecule has 0 rings (SSSR count). The summed E-state index contributed by atoms with van der Waals surface area (Å²) in [5, 5.41) is 13.4. The van der Waals surface area contributed by atoms with Gasteiger partial charge in [-0.15, -0.1) is 0 Å². The average molecular weight is 854 g/mol. The van der Waals surface area contributed by atoms with E-state index in [0.29, 0.717) is 17.4 Å². The van der Waals surface area contributed by atoms with E-state index in [0.717, 1.165) is 103 Å². The van der Waals surface area contributed by atoms with Gasteiger partial charge >= 0.3 is 7.82 Å². The number of phosphoric ester groups is 1. The molecule has 0 aliphatic rings. The Labute approximate surface area is 367 Å². The summed E-state index contributed by atoms with van der Waals surface area (Å²) in [6.07, 6.45) is 62.3. The zero-order valence-electron chi connectivity index (χ0n) is 38.4. The number of unbranched alkanes of at least 4 members (excludes halogenated alkanes) is 8. The highest BCUT2D eigenvalue weighted by atomic mass is 31.2. The Hall–Kier alpha value is -3.10. The van der Waals surface area contributed by atoms with E-state index in [1.165, 1.54) is 19.3 Å². The Kier molecular flexibility index (Phi) is 39.1. The third-order valence-electron chi connectivity index (χ3n) is 9.17. The molecule has 3 N–H and O–H groups in total. The lowest BCUT2D eigenvalue weighted by molar-refractivity contribution is -0.870. The second-order valence-electron chi connectivity index (χ2n) is 16.0. The van der Waals surface area contributed by atoms with E-state index in [4.69, 9.17) is 9.05 Å². The Balaban J connectivity index is 3.96. The lowest BCUT2D eigenvalue weighted by Crippen LogP contribution is -2.45. The minimum atomic E-state index is -4.32. The zero-order chi connectivity index (χ0) is 44.3. The topological polar surface area (TPSA) is 105 Å². The van der Waals surface area contributed by atoms with E-state index in [9.17, 15) is 19.4 Å². The predicted octanol–water partition coefficient (Wildman–Crippen LogP) is 13.1. The van der Waals surface area contributed by atoms with Gasteiger partial charge < -0.3 is 19.8 Å². The second kappa shape index (κ2) is 41.3. The lowest BCUT2D eigenvalue weighted by atomic mass is 10.1. The number of allylic oxidation sites excluding steroid dienone is 19. The fourth-order valence-corrected chi connectivity index (χ4v) is 6.30. The van der Waals surface area contributed by atoms with E-state index < -0.39 is 20.0 Å². The van der Waals surface area contributed by atoms with Crippen molar-refractivity contribution in [2.45, 2.75) is 154 Å². The molecule has 9 heteroatoms. The van der Waals surface area contributed by atoms with Crippen LogP contribution < -0.4 is 5.32 Å². The summed E-state index contributed by atoms with van der Waals surface area (Å²) in [7, 11) is 1.53. The fourth-order valence-electron chi connectivity index (χ4n) is 5.57. The summed E-state index contributed by atoms with van der Waals surface area (Å²) >= 11 is 0. The van der Waals surface area contributed by atoms with Crippen LogP contribution >= 0.6 is 7.82 Å². The number of hydrogen-bond donors (Lipinski definition) is 3. The van der Waals surface area contributed by atoms with Crippen LogP contribution in [0.15, 0.2) is 122 Å². The molecule has 1 amide bonds. The van der Waals surface area contributed by atoms with Crippen molar-refractivity contribution in [1.82, 2.24) is 5.32 Å². The van der Waals surface area contributed by atoms with Gasteiger partial charge in [0.2, 0.25) is 5.91 Å². The van der Waals surface area contributed by atoms with E-state index in [1.54, 1.807) is 6.08 Å². The Bertz CT molecular complexity index is 1380. The van der Waals surface area contributed by atoms with E-state index in [2.05, 4.69) is 122 Å². The summed E-state index contributed by atoms with van der Waals surface area (Å²) in [5.41, 5.74) is 0. The van der Waals surface area contributed by atoms with Crippen LogP contribution in [0.3, 0.4) is 0 Å². The first-order valence-electron chi connectivity index (χ1n) is 22.9. The molecule has 0 aliphatic carbocycles. The zero-order valence-corrected chi connectivity index (χ0v) is 39.3. The van der Waals surface area contributed by atoms with Crippen molar-refractivity contribution >= 4 is 13.7 Å². The van der Waals surface area contributed by atoms with Crippen LogP contribution in [0.2, 0.25) is 0 Å². The molecular weight excluding hydrogens is 768 g/mol. The monoisotopic (exact) mass is 854 g/mol. The number of carbonyl (C=O) groups is 1. The Morgan fingerprint density at radius 3 is 1.43 bits per heavy atom. The number of hydrogen-bond acceptors (Lipinski definition) is 5. The quantitative estimate of drug-likeness (QED) is 0.0246. The molecule has 0 aromatic heterocycles. The minimum absolute atomic E-state index is 0.0505. The molecule has 0 saturated heterocycles. The number of aliphatic hydroxyl groups excluding tert-OH is 1. The van der Waals surface area contributed by atoms with Gasteiger partial charge in [0.05, 0.1) is 39.9 Å². The van der Waals surface area contributed by atoms with E-state index >= 15 is 0 Å². The molecule has 0 aliphatic heterocycles. The molecule has 3 atom stereocenters. The number of rotatable bonds is 39. The van der Waals surface area contributed by atoms with Gasteiger partial charge in [0.15, 0.2) is 0 Å². The van der Waals surface area contributed by atoms with Crippen molar-refractivity contribution in [3.8, 4) is 0 Å². The van der Waals surface area contributed by atoms with Crippen molar-refractivity contribution < 1.29 is 32.9 Å². The van der Waals surface area contributed by atoms with Crippen molar-refractivity contribution in [2.75, 3.05) is 40.9 Å². The van der Waals surface area contributed by atoms with Gasteiger partial charge in [0.25, 0.3) is 0 Å². The van der Waals surface area contributed by atoms with Gasteiger partial charge in [-0.05, 0) is 83.5 Å². The first-order valence-corrected chi connectivity index (χ1v) is 24.4. The van der Waals surface area contributed by atoms with Crippen LogP contribution in [0.25, 0.3) is 0 Å². The highest BCUT2D eigenvalue weighted by Crippen LogP contribution is 2.43. The molecule has 0 fully saturated rings. The second-order valence-corrected chi connectivity index (χ2v) is 17.5. The average Bonchev–Trinajstić information content (AvgIpc) is 3.20. The smallest absolute Gasteiger partial charge is 0.387 e. The van der Waals surface area contributed by atoms with Gasteiger partial charge in [0.1, 0.15) is 13.2 Å². The summed E-state index contributed by atoms with van der Waals surface area (Å²) in [4.78, 5) is 22.8. The Morgan fingerprint density at radius 1 is 0.583 bits per heavy atom. The number of nitrogens with one attached hydrogen (secondary N) is 1. The van der Waals surface area contributed by atoms with Crippen LogP contribution in [-0.2, 0) is 18.4 Å². The number of amides is 1. The number of phosphoric acid groups is 1. The first-order chi connectivity index (χ1) is 29.0. The number of likely N-dealkylation sites (N-methyl/N-ethyl adjacent to an activating group) is 1. The van der Waals surface area contributed by atoms with E-state index in [1.807, 2.05) is 34.1 Å². The normalized spacial score (nSPS) is 15.4. The molecule has 0 spiro atoms.